The van der Waals surface area contributed by atoms with Crippen molar-refractivity contribution in [1.82, 2.24) is 0 Å². The first kappa shape index (κ1) is 109. The molecule has 11 aromatic carbocycles. The third kappa shape index (κ3) is 25.6. The zero-order valence-corrected chi connectivity index (χ0v) is 94.4. The minimum absolute atomic E-state index is 0.148. The molecule has 748 valence electrons. The fourth-order valence-electron chi connectivity index (χ4n) is 20.9. The van der Waals surface area contributed by atoms with Crippen molar-refractivity contribution in [2.75, 3.05) is 5.32 Å². The van der Waals surface area contributed by atoms with Crippen LogP contribution in [0.2, 0.25) is 0 Å². The number of phenols is 6. The van der Waals surface area contributed by atoms with E-state index in [-0.39, 0.29) is 49.2 Å². The molecule has 7 heteroatoms. The van der Waals surface area contributed by atoms with E-state index in [1.54, 1.807) is 0 Å². The van der Waals surface area contributed by atoms with E-state index in [1.165, 1.54) is 50.1 Å². The molecule has 7 nitrogen and oxygen atoms in total. The zero-order chi connectivity index (χ0) is 104. The predicted octanol–water partition coefficient (Wildman–Crippen LogP) is 34.6. The van der Waals surface area contributed by atoms with Gasteiger partial charge in [0.25, 0.3) is 0 Å². The van der Waals surface area contributed by atoms with Crippen LogP contribution in [0.5, 0.6) is 34.5 Å². The van der Waals surface area contributed by atoms with Gasteiger partial charge in [0, 0.05) is 17.3 Å². The van der Waals surface area contributed by atoms with Crippen LogP contribution in [0.25, 0.3) is 0 Å². The number of hydrogen-bond donors (Lipinski definition) is 7. The highest BCUT2D eigenvalue weighted by molar-refractivity contribution is 5.72. The quantitative estimate of drug-likeness (QED) is 0.0404. The van der Waals surface area contributed by atoms with Gasteiger partial charge < -0.3 is 36.0 Å². The van der Waals surface area contributed by atoms with E-state index >= 15 is 0 Å². The zero-order valence-electron chi connectivity index (χ0n) is 94.4. The van der Waals surface area contributed by atoms with Crippen LogP contribution >= 0.6 is 0 Å². The van der Waals surface area contributed by atoms with Crippen molar-refractivity contribution in [3.63, 3.8) is 0 Å². The Morgan fingerprint density at radius 2 is 0.403 bits per heavy atom. The summed E-state index contributed by atoms with van der Waals surface area (Å²) in [5, 5.41) is 79.1. The normalized spacial score (nSPS) is 13.7. The monoisotopic (exact) mass is 1870 g/mol. The smallest absolute Gasteiger partial charge is 0.123 e. The number of anilines is 2. The Morgan fingerprint density at radius 3 is 0.712 bits per heavy atom. The molecule has 1 atom stereocenters. The summed E-state index contributed by atoms with van der Waals surface area (Å²) in [6.45, 7) is 95.7. The lowest BCUT2D eigenvalue weighted by Crippen LogP contribution is -2.20. The van der Waals surface area contributed by atoms with Crippen molar-refractivity contribution >= 4 is 11.4 Å². The van der Waals surface area contributed by atoms with Gasteiger partial charge in [-0.05, 0) is 324 Å². The molecule has 0 spiro atoms. The molecule has 1 unspecified atom stereocenters. The summed E-state index contributed by atoms with van der Waals surface area (Å²) in [6.07, 6.45) is 4.74. The second-order valence-electron chi connectivity index (χ2n) is 56.2. The topological polar surface area (TPSA) is 133 Å². The van der Waals surface area contributed by atoms with Gasteiger partial charge >= 0.3 is 0 Å². The van der Waals surface area contributed by atoms with Crippen LogP contribution in [0.4, 0.5) is 11.4 Å². The van der Waals surface area contributed by atoms with Gasteiger partial charge in [0.05, 0.1) is 0 Å². The lowest BCUT2D eigenvalue weighted by molar-refractivity contribution is 0.421. The van der Waals surface area contributed by atoms with Gasteiger partial charge in [-0.15, -0.1) is 0 Å². The minimum Gasteiger partial charge on any atom is -0.507 e. The summed E-state index contributed by atoms with van der Waals surface area (Å²) in [4.78, 5) is 0. The Morgan fingerprint density at radius 1 is 0.187 bits per heavy atom. The van der Waals surface area contributed by atoms with Crippen molar-refractivity contribution in [3.8, 4) is 34.5 Å². The molecule has 11 rings (SSSR count). The summed E-state index contributed by atoms with van der Waals surface area (Å²) in [6, 6.07) is 60.8. The number of nitrogens with one attached hydrogen (secondary N) is 1. The number of rotatable bonds is 20. The summed E-state index contributed by atoms with van der Waals surface area (Å²) >= 11 is 0. The standard InChI is InChI=1S/C132H179NO6/c1-78-98(119(2,3)4)61-84(62-99(78)120(5,6)7)54-81-57-94(59-86-69-106(127(26,27)28)116(137)107(70-86)128(29,30)31)112(133-96-50-45-79(46-51-96)52-82-63-100(121(8,9)10)113(134)101(64-82)122(11,12)13)95(58-81)75-92-74-90(97(93-76-110(131(38,39)40)118(139)111(77-93)132(41,42)43)60-87-71-108(129(32,33)34)117(138)109(72-87)130(35,36)37)49-48-89(92)73-88-47-44-80(53-83-65-102(123(14,15)16)114(135)103(66-83)124(17,18)19)55-91(88)56-85-67-104(125(20,21)22)115(136)105(68-85)126(23,24)25/h44-51,55,57-58,61-72,74,76-77,97,133-139H,52-54,56,59-60,73,75H2,1-43H3. The maximum absolute atomic E-state index is 12.9. The molecule has 0 saturated heterocycles. The predicted molar refractivity (Wildman–Crippen MR) is 596 cm³/mol. The number of benzene rings is 11. The molecule has 0 radical (unpaired) electrons. The third-order valence-electron chi connectivity index (χ3n) is 28.9. The summed E-state index contributed by atoms with van der Waals surface area (Å²) in [5.41, 5.74) is 31.8. The summed E-state index contributed by atoms with van der Waals surface area (Å²) in [5.74, 6) is 1.84. The van der Waals surface area contributed by atoms with Crippen molar-refractivity contribution in [2.45, 2.75) is 431 Å². The van der Waals surface area contributed by atoms with Crippen LogP contribution in [0.15, 0.2) is 158 Å². The van der Waals surface area contributed by atoms with Gasteiger partial charge in [0.2, 0.25) is 0 Å². The van der Waals surface area contributed by atoms with E-state index in [0.717, 1.165) is 139 Å². The highest BCUT2D eigenvalue weighted by Crippen LogP contribution is 2.51. The fourth-order valence-corrected chi connectivity index (χ4v) is 20.9. The van der Waals surface area contributed by atoms with Gasteiger partial charge in [-0.2, -0.15) is 0 Å². The third-order valence-corrected chi connectivity index (χ3v) is 28.9. The van der Waals surface area contributed by atoms with Crippen molar-refractivity contribution < 1.29 is 30.6 Å². The van der Waals surface area contributed by atoms with Gasteiger partial charge in [-0.1, -0.05) is 436 Å². The van der Waals surface area contributed by atoms with Crippen LogP contribution in [0.1, 0.15) is 475 Å². The van der Waals surface area contributed by atoms with Crippen LogP contribution in [0, 0.1) is 6.92 Å². The Balaban J connectivity index is 1.30. The van der Waals surface area contributed by atoms with Gasteiger partial charge in [0.15, 0.2) is 0 Å². The molecule has 0 saturated carbocycles. The van der Waals surface area contributed by atoms with E-state index in [2.05, 4.69) is 461 Å². The molecule has 0 heterocycles. The second kappa shape index (κ2) is 38.4. The number of aromatic hydroxyl groups is 6. The van der Waals surface area contributed by atoms with E-state index in [0.29, 0.717) is 85.9 Å². The SMILES string of the molecule is Cc1c(C(C)(C)C)cc(Cc2cc(Cc3cc(C(C)(C)C)c(O)c(C(C)(C)C)c3)c(Nc3ccc(Cc4cc(C(C)(C)C)c(O)c(C(C)(C)C)c4)cc3)c(Cc3cc(C(Cc4cc(C(C)(C)C)c(O)c(C(C)(C)C)c4)c4cc(C(C)(C)C)c(O)c(C(C)(C)C)c4)ccc3Cc3ccc(Cc4cc(C(C)(C)C)c(O)c(C(C)(C)C)c4)cc3Cc3cc(C(C)(C)C)c(O)c(C(C)(C)C)c3)c2)cc1C(C)(C)C. The van der Waals surface area contributed by atoms with Crippen molar-refractivity contribution in [3.05, 3.63) is 336 Å². The maximum atomic E-state index is 12.9. The molecule has 7 N–H and O–H groups in total. The maximum Gasteiger partial charge on any atom is 0.123 e. The van der Waals surface area contributed by atoms with Crippen molar-refractivity contribution in [2.24, 2.45) is 0 Å². The molecule has 139 heavy (non-hydrogen) atoms. The van der Waals surface area contributed by atoms with Crippen LogP contribution in [-0.4, -0.2) is 30.6 Å². The molecule has 0 amide bonds. The average Bonchev–Trinajstić information content (AvgIpc) is 0.756. The van der Waals surface area contributed by atoms with E-state index in [4.69, 9.17) is 0 Å². The Bertz CT molecular complexity index is 6140. The fraction of sp³-hybridized carbons (Fsp3) is 0.500. The molecule has 0 aliphatic heterocycles. The highest BCUT2D eigenvalue weighted by atomic mass is 16.3. The largest absolute Gasteiger partial charge is 0.507 e. The lowest BCUT2D eigenvalue weighted by atomic mass is 9.74. The molecule has 0 bridgehead atoms. The van der Waals surface area contributed by atoms with Crippen LogP contribution in [-0.2, 0) is 127 Å². The Labute approximate surface area is 842 Å². The lowest BCUT2D eigenvalue weighted by Gasteiger charge is -2.31. The second-order valence-corrected chi connectivity index (χ2v) is 56.2. The van der Waals surface area contributed by atoms with E-state index in [1.807, 2.05) is 0 Å². The number of hydrogen-bond acceptors (Lipinski definition) is 7. The van der Waals surface area contributed by atoms with Gasteiger partial charge in [-0.3, -0.25) is 0 Å². The summed E-state index contributed by atoms with van der Waals surface area (Å²) < 4.78 is 0. The first-order valence-electron chi connectivity index (χ1n) is 51.7. The van der Waals surface area contributed by atoms with Gasteiger partial charge in [-0.25, -0.2) is 0 Å². The number of phenolic OH excluding ortho intramolecular Hbond substituents is 6. The molecular formula is C132H179NO6. The summed E-state index contributed by atoms with van der Waals surface area (Å²) in [7, 11) is 0. The van der Waals surface area contributed by atoms with Gasteiger partial charge in [0.1, 0.15) is 34.5 Å². The molecule has 0 aliphatic rings. The minimum atomic E-state index is -0.447. The molecule has 0 aliphatic carbocycles. The van der Waals surface area contributed by atoms with E-state index in [9.17, 15) is 30.6 Å². The average molecular weight is 1880 g/mol. The highest BCUT2D eigenvalue weighted by Gasteiger charge is 2.38. The van der Waals surface area contributed by atoms with Crippen LogP contribution in [0.3, 0.4) is 0 Å². The molecular weight excluding hydrogens is 1700 g/mol. The van der Waals surface area contributed by atoms with Crippen molar-refractivity contribution in [1.29, 1.82) is 0 Å². The first-order chi connectivity index (χ1) is 63.1. The van der Waals surface area contributed by atoms with E-state index < -0.39 is 32.5 Å². The molecule has 0 aromatic heterocycles. The Kier molecular flexibility index (Phi) is 30.2. The Hall–Kier alpha value is -9.98. The molecule has 0 fully saturated rings. The first-order valence-corrected chi connectivity index (χ1v) is 51.7. The van der Waals surface area contributed by atoms with Crippen LogP contribution < -0.4 is 5.32 Å². The molecule has 11 aromatic rings.